The summed E-state index contributed by atoms with van der Waals surface area (Å²) in [5.74, 6) is -0.441. The van der Waals surface area contributed by atoms with E-state index >= 15 is 0 Å². The smallest absolute Gasteiger partial charge is 0.159 e. The number of hydrogen-bond acceptors (Lipinski definition) is 7. The van der Waals surface area contributed by atoms with Crippen molar-refractivity contribution in [3.63, 3.8) is 0 Å². The Morgan fingerprint density at radius 3 is 2.00 bits per heavy atom. The van der Waals surface area contributed by atoms with Gasteiger partial charge in [-0.15, -0.1) is 0 Å². The maximum atomic E-state index is 14.7. The van der Waals surface area contributed by atoms with Gasteiger partial charge in [-0.3, -0.25) is 4.90 Å². The van der Waals surface area contributed by atoms with E-state index in [-0.39, 0.29) is 0 Å². The van der Waals surface area contributed by atoms with Crippen molar-refractivity contribution in [2.75, 3.05) is 13.2 Å². The summed E-state index contributed by atoms with van der Waals surface area (Å²) in [6.45, 7) is 0.0337. The van der Waals surface area contributed by atoms with Crippen molar-refractivity contribution in [1.29, 1.82) is 0 Å². The molecular formula is C22H28NO6P. The molecule has 0 aliphatic carbocycles. The van der Waals surface area contributed by atoms with Crippen LogP contribution in [-0.4, -0.2) is 74.9 Å². The second kappa shape index (κ2) is 8.89. The van der Waals surface area contributed by atoms with Gasteiger partial charge in [-0.1, -0.05) is 60.7 Å². The van der Waals surface area contributed by atoms with Crippen LogP contribution in [0.2, 0.25) is 0 Å². The Morgan fingerprint density at radius 2 is 1.47 bits per heavy atom. The summed E-state index contributed by atoms with van der Waals surface area (Å²) in [6, 6.07) is 18.6. The monoisotopic (exact) mass is 433 g/mol. The van der Waals surface area contributed by atoms with E-state index in [2.05, 4.69) is 0 Å². The molecule has 2 aromatic carbocycles. The zero-order valence-corrected chi connectivity index (χ0v) is 17.5. The third-order valence-corrected chi connectivity index (χ3v) is 9.68. The summed E-state index contributed by atoms with van der Waals surface area (Å²) in [5.41, 5.74) is 0. The SMILES string of the molecule is O=P(c1ccccc1)(c1ccccc1)[C@@H]1CCCN1[C@@H]1O[C@H](CO)[C@@H](O)[C@H](O)[C@H]1O. The molecule has 2 saturated heterocycles. The van der Waals surface area contributed by atoms with Gasteiger partial charge in [0.15, 0.2) is 7.14 Å². The zero-order valence-electron chi connectivity index (χ0n) is 16.6. The highest BCUT2D eigenvalue weighted by molar-refractivity contribution is 7.79. The summed E-state index contributed by atoms with van der Waals surface area (Å²) >= 11 is 0. The molecule has 2 aromatic rings. The molecule has 2 aliphatic rings. The van der Waals surface area contributed by atoms with Gasteiger partial charge in [0.25, 0.3) is 0 Å². The second-order valence-corrected chi connectivity index (χ2v) is 10.9. The lowest BCUT2D eigenvalue weighted by atomic mass is 9.98. The first-order chi connectivity index (χ1) is 14.5. The Balaban J connectivity index is 1.76. The highest BCUT2D eigenvalue weighted by Crippen LogP contribution is 2.54. The van der Waals surface area contributed by atoms with Crippen LogP contribution in [0.1, 0.15) is 12.8 Å². The van der Waals surface area contributed by atoms with Crippen LogP contribution in [0.25, 0.3) is 0 Å². The number of hydrogen-bond donors (Lipinski definition) is 4. The van der Waals surface area contributed by atoms with E-state index in [0.29, 0.717) is 13.0 Å². The summed E-state index contributed by atoms with van der Waals surface area (Å²) < 4.78 is 20.5. The zero-order chi connectivity index (χ0) is 21.3. The first-order valence-electron chi connectivity index (χ1n) is 10.3. The molecule has 0 radical (unpaired) electrons. The topological polar surface area (TPSA) is 110 Å². The van der Waals surface area contributed by atoms with Gasteiger partial charge in [-0.2, -0.15) is 0 Å². The van der Waals surface area contributed by atoms with Crippen LogP contribution in [0.5, 0.6) is 0 Å². The summed E-state index contributed by atoms with van der Waals surface area (Å²) in [5, 5.41) is 42.1. The Labute approximate surface area is 175 Å². The van der Waals surface area contributed by atoms with Gasteiger partial charge in [0, 0.05) is 17.2 Å². The maximum Gasteiger partial charge on any atom is 0.159 e. The fourth-order valence-corrected chi connectivity index (χ4v) is 8.03. The Morgan fingerprint density at radius 1 is 0.900 bits per heavy atom. The Hall–Kier alpha value is -1.57. The average Bonchev–Trinajstić information content (AvgIpc) is 3.28. The molecule has 0 saturated carbocycles. The summed E-state index contributed by atoms with van der Waals surface area (Å²) in [4.78, 5) is 1.84. The molecule has 162 valence electrons. The van der Waals surface area contributed by atoms with Gasteiger partial charge in [-0.25, -0.2) is 0 Å². The standard InChI is InChI=1S/C22H28NO6P/c24-14-17-19(25)20(26)21(27)22(29-17)23-13-7-12-18(23)30(28,15-8-3-1-4-9-15)16-10-5-2-6-11-16/h1-6,8-11,17-22,24-27H,7,12-14H2/t17-,18-,19-,20+,21-,22-/m1/s1. The molecule has 4 N–H and O–H groups in total. The van der Waals surface area contributed by atoms with E-state index in [4.69, 9.17) is 4.74 Å². The van der Waals surface area contributed by atoms with Crippen molar-refractivity contribution in [3.8, 4) is 0 Å². The fraction of sp³-hybridized carbons (Fsp3) is 0.455. The molecule has 8 heteroatoms. The predicted octanol–water partition coefficient (Wildman–Crippen LogP) is 0.222. The minimum absolute atomic E-state index is 0.441. The molecule has 0 aromatic heterocycles. The highest BCUT2D eigenvalue weighted by atomic mass is 31.2. The van der Waals surface area contributed by atoms with Gasteiger partial charge < -0.3 is 29.7 Å². The molecule has 0 bridgehead atoms. The largest absolute Gasteiger partial charge is 0.394 e. The van der Waals surface area contributed by atoms with E-state index < -0.39 is 50.2 Å². The van der Waals surface area contributed by atoms with Crippen molar-refractivity contribution in [3.05, 3.63) is 60.7 Å². The number of rotatable bonds is 5. The number of aliphatic hydroxyl groups is 4. The Bertz CT molecular complexity index is 836. The molecule has 0 spiro atoms. The van der Waals surface area contributed by atoms with Crippen LogP contribution in [0.15, 0.2) is 60.7 Å². The Kier molecular flexibility index (Phi) is 6.42. The van der Waals surface area contributed by atoms with Crippen molar-refractivity contribution in [1.82, 2.24) is 4.90 Å². The second-order valence-electron chi connectivity index (χ2n) is 7.91. The average molecular weight is 433 g/mol. The molecule has 2 heterocycles. The quantitative estimate of drug-likeness (QED) is 0.500. The van der Waals surface area contributed by atoms with Crippen molar-refractivity contribution >= 4 is 17.8 Å². The molecule has 2 aliphatic heterocycles. The van der Waals surface area contributed by atoms with Crippen molar-refractivity contribution in [2.24, 2.45) is 0 Å². The molecule has 4 rings (SSSR count). The first-order valence-corrected chi connectivity index (χ1v) is 12.0. The van der Waals surface area contributed by atoms with E-state index in [0.717, 1.165) is 17.0 Å². The van der Waals surface area contributed by atoms with Gasteiger partial charge in [0.2, 0.25) is 0 Å². The van der Waals surface area contributed by atoms with Crippen molar-refractivity contribution in [2.45, 2.75) is 49.3 Å². The normalized spacial score (nSPS) is 32.9. The summed E-state index contributed by atoms with van der Waals surface area (Å²) in [6.07, 6.45) is -4.86. The molecule has 7 nitrogen and oxygen atoms in total. The van der Waals surface area contributed by atoms with Gasteiger partial charge in [-0.05, 0) is 12.8 Å². The summed E-state index contributed by atoms with van der Waals surface area (Å²) in [7, 11) is -3.16. The highest BCUT2D eigenvalue weighted by Gasteiger charge is 2.52. The molecule has 6 atom stereocenters. The van der Waals surface area contributed by atoms with Gasteiger partial charge in [0.05, 0.1) is 12.4 Å². The van der Waals surface area contributed by atoms with Crippen LogP contribution in [0.3, 0.4) is 0 Å². The van der Waals surface area contributed by atoms with Crippen LogP contribution in [0.4, 0.5) is 0 Å². The number of aliphatic hydroxyl groups excluding tert-OH is 4. The number of likely N-dealkylation sites (tertiary alicyclic amines) is 1. The van der Waals surface area contributed by atoms with Crippen LogP contribution in [-0.2, 0) is 9.30 Å². The molecule has 0 amide bonds. The third-order valence-electron chi connectivity index (χ3n) is 6.15. The van der Waals surface area contributed by atoms with Crippen molar-refractivity contribution < 1.29 is 29.7 Å². The number of nitrogens with zero attached hydrogens (tertiary/aromatic N) is 1. The molecule has 30 heavy (non-hydrogen) atoms. The predicted molar refractivity (Wildman–Crippen MR) is 113 cm³/mol. The van der Waals surface area contributed by atoms with Gasteiger partial charge >= 0.3 is 0 Å². The van der Waals surface area contributed by atoms with E-state index in [1.165, 1.54) is 0 Å². The number of benzene rings is 2. The molecule has 0 unspecified atom stereocenters. The van der Waals surface area contributed by atoms with Crippen LogP contribution < -0.4 is 10.6 Å². The van der Waals surface area contributed by atoms with E-state index in [1.807, 2.05) is 65.6 Å². The lowest BCUT2D eigenvalue weighted by molar-refractivity contribution is -0.264. The molecule has 2 fully saturated rings. The third kappa shape index (κ3) is 3.65. The number of ether oxygens (including phenoxy) is 1. The minimum Gasteiger partial charge on any atom is -0.394 e. The minimum atomic E-state index is -3.16. The lowest BCUT2D eigenvalue weighted by Crippen LogP contribution is -2.64. The first kappa shape index (κ1) is 21.7. The molecular weight excluding hydrogens is 405 g/mol. The lowest BCUT2D eigenvalue weighted by Gasteiger charge is -2.46. The van der Waals surface area contributed by atoms with Crippen LogP contribution >= 0.6 is 7.14 Å². The van der Waals surface area contributed by atoms with Crippen LogP contribution in [0, 0.1) is 0 Å². The fourth-order valence-electron chi connectivity index (χ4n) is 4.61. The maximum absolute atomic E-state index is 14.7. The van der Waals surface area contributed by atoms with E-state index in [9.17, 15) is 25.0 Å². The van der Waals surface area contributed by atoms with E-state index in [1.54, 1.807) is 0 Å². The van der Waals surface area contributed by atoms with Gasteiger partial charge in [0.1, 0.15) is 30.6 Å².